The second-order valence-electron chi connectivity index (χ2n) is 7.35. The number of carbonyl (C=O) groups excluding carboxylic acids is 2. The molecule has 0 aromatic heterocycles. The van der Waals surface area contributed by atoms with E-state index in [1.807, 2.05) is 73.6 Å². The molecule has 31 heavy (non-hydrogen) atoms. The van der Waals surface area contributed by atoms with Crippen LogP contribution in [-0.2, 0) is 0 Å². The van der Waals surface area contributed by atoms with Crippen molar-refractivity contribution in [3.63, 3.8) is 0 Å². The summed E-state index contributed by atoms with van der Waals surface area (Å²) >= 11 is 0. The second-order valence-corrected chi connectivity index (χ2v) is 7.35. The van der Waals surface area contributed by atoms with Crippen LogP contribution in [0.1, 0.15) is 10.4 Å². The quantitative estimate of drug-likeness (QED) is 0.464. The van der Waals surface area contributed by atoms with Crippen LogP contribution in [0, 0.1) is 0 Å². The number of hydrogen-bond acceptors (Lipinski definition) is 3. The highest BCUT2D eigenvalue weighted by molar-refractivity contribution is 6.27. The summed E-state index contributed by atoms with van der Waals surface area (Å²) in [4.78, 5) is 30.2. The smallest absolute Gasteiger partial charge is 0.333 e. The minimum Gasteiger partial charge on any atom is -0.377 e. The molecule has 3 amide bonds. The van der Waals surface area contributed by atoms with Gasteiger partial charge in [-0.15, -0.1) is 0 Å². The van der Waals surface area contributed by atoms with Gasteiger partial charge < -0.3 is 10.2 Å². The first kappa shape index (κ1) is 20.2. The minimum atomic E-state index is -0.512. The van der Waals surface area contributed by atoms with Crippen molar-refractivity contribution in [3.8, 4) is 0 Å². The summed E-state index contributed by atoms with van der Waals surface area (Å²) in [5.41, 5.74) is 2.50. The third kappa shape index (κ3) is 4.12. The standard InChI is InChI=1S/C26H23N3O2/c1-28(2)23-18-10-12-19-11-9-17-22(24(19)23)25(30)29(21-15-7-4-8-16-21)26(31)27-20-13-5-3-6-14-20/h3-18H,1-2H3,(H,27,31). The summed E-state index contributed by atoms with van der Waals surface area (Å²) in [6, 6.07) is 29.0. The molecule has 5 nitrogen and oxygen atoms in total. The lowest BCUT2D eigenvalue weighted by atomic mass is 10.0. The van der Waals surface area contributed by atoms with E-state index < -0.39 is 6.03 Å². The summed E-state index contributed by atoms with van der Waals surface area (Å²) in [5.74, 6) is -0.389. The Kier molecular flexibility index (Phi) is 5.67. The van der Waals surface area contributed by atoms with E-state index in [4.69, 9.17) is 0 Å². The van der Waals surface area contributed by atoms with Gasteiger partial charge in [0, 0.05) is 30.9 Å². The fraction of sp³-hybridized carbons (Fsp3) is 0.0769. The number of imide groups is 1. The third-order valence-electron chi connectivity index (χ3n) is 5.04. The highest BCUT2D eigenvalue weighted by Gasteiger charge is 2.27. The highest BCUT2D eigenvalue weighted by atomic mass is 16.2. The average Bonchev–Trinajstić information content (AvgIpc) is 2.79. The summed E-state index contributed by atoms with van der Waals surface area (Å²) in [6.45, 7) is 0. The van der Waals surface area contributed by atoms with E-state index in [0.717, 1.165) is 16.5 Å². The van der Waals surface area contributed by atoms with Crippen LogP contribution in [0.25, 0.3) is 10.8 Å². The van der Waals surface area contributed by atoms with Crippen molar-refractivity contribution in [1.29, 1.82) is 0 Å². The van der Waals surface area contributed by atoms with Crippen molar-refractivity contribution in [2.24, 2.45) is 0 Å². The lowest BCUT2D eigenvalue weighted by Gasteiger charge is -2.24. The van der Waals surface area contributed by atoms with Gasteiger partial charge in [0.05, 0.1) is 11.3 Å². The van der Waals surface area contributed by atoms with Crippen LogP contribution >= 0.6 is 0 Å². The van der Waals surface area contributed by atoms with Gasteiger partial charge in [0.1, 0.15) is 0 Å². The Labute approximate surface area is 181 Å². The number of nitrogens with one attached hydrogen (secondary N) is 1. The highest BCUT2D eigenvalue weighted by Crippen LogP contribution is 2.31. The van der Waals surface area contributed by atoms with Crippen molar-refractivity contribution in [2.45, 2.75) is 0 Å². The van der Waals surface area contributed by atoms with Crippen LogP contribution in [0.5, 0.6) is 0 Å². The maximum Gasteiger partial charge on any atom is 0.333 e. The Morgan fingerprint density at radius 3 is 1.97 bits per heavy atom. The van der Waals surface area contributed by atoms with E-state index in [1.165, 1.54) is 4.90 Å². The normalized spacial score (nSPS) is 10.5. The number of benzene rings is 4. The summed E-state index contributed by atoms with van der Waals surface area (Å²) in [5, 5.41) is 4.58. The van der Waals surface area contributed by atoms with Crippen LogP contribution < -0.4 is 15.1 Å². The Morgan fingerprint density at radius 1 is 0.710 bits per heavy atom. The lowest BCUT2D eigenvalue weighted by Crippen LogP contribution is -2.40. The number of para-hydroxylation sites is 2. The summed E-state index contributed by atoms with van der Waals surface area (Å²) in [7, 11) is 3.88. The van der Waals surface area contributed by atoms with Gasteiger partial charge in [-0.25, -0.2) is 9.69 Å². The number of anilines is 3. The predicted octanol–water partition coefficient (Wildman–Crippen LogP) is 5.78. The number of nitrogens with zero attached hydrogens (tertiary/aromatic N) is 2. The van der Waals surface area contributed by atoms with Gasteiger partial charge in [0.25, 0.3) is 5.91 Å². The minimum absolute atomic E-state index is 0.389. The molecular weight excluding hydrogens is 386 g/mol. The number of carbonyl (C=O) groups is 2. The van der Waals surface area contributed by atoms with E-state index in [2.05, 4.69) is 5.32 Å². The van der Waals surface area contributed by atoms with Crippen LogP contribution in [-0.4, -0.2) is 26.0 Å². The molecule has 154 valence electrons. The largest absolute Gasteiger partial charge is 0.377 e. The Morgan fingerprint density at radius 2 is 1.32 bits per heavy atom. The SMILES string of the molecule is CN(C)c1cccc2cccc(C(=O)N(C(=O)Nc3ccccc3)c3ccccc3)c12. The molecule has 0 unspecified atom stereocenters. The molecule has 0 aliphatic carbocycles. The molecule has 0 spiro atoms. The molecule has 0 aliphatic rings. The summed E-state index contributed by atoms with van der Waals surface area (Å²) in [6.07, 6.45) is 0. The lowest BCUT2D eigenvalue weighted by molar-refractivity contribution is 0.0997. The number of rotatable bonds is 4. The molecule has 0 bridgehead atoms. The Hall–Kier alpha value is -4.12. The van der Waals surface area contributed by atoms with Gasteiger partial charge in [0.2, 0.25) is 0 Å². The molecular formula is C26H23N3O2. The van der Waals surface area contributed by atoms with E-state index >= 15 is 0 Å². The van der Waals surface area contributed by atoms with Crippen LogP contribution in [0.15, 0.2) is 97.1 Å². The molecule has 5 heteroatoms. The number of hydrogen-bond donors (Lipinski definition) is 1. The van der Waals surface area contributed by atoms with Crippen molar-refractivity contribution in [1.82, 2.24) is 0 Å². The van der Waals surface area contributed by atoms with E-state index in [-0.39, 0.29) is 5.91 Å². The molecule has 0 radical (unpaired) electrons. The van der Waals surface area contributed by atoms with Gasteiger partial charge in [0.15, 0.2) is 0 Å². The van der Waals surface area contributed by atoms with Crippen molar-refractivity contribution in [2.75, 3.05) is 29.2 Å². The van der Waals surface area contributed by atoms with Gasteiger partial charge in [-0.1, -0.05) is 60.7 Å². The topological polar surface area (TPSA) is 52.7 Å². The van der Waals surface area contributed by atoms with E-state index in [9.17, 15) is 9.59 Å². The first-order chi connectivity index (χ1) is 15.1. The fourth-order valence-corrected chi connectivity index (χ4v) is 3.60. The van der Waals surface area contributed by atoms with Crippen molar-refractivity contribution < 1.29 is 9.59 Å². The molecule has 4 aromatic rings. The van der Waals surface area contributed by atoms with Crippen molar-refractivity contribution >= 4 is 39.8 Å². The molecule has 1 N–H and O–H groups in total. The van der Waals surface area contributed by atoms with Gasteiger partial charge in [-0.2, -0.15) is 0 Å². The van der Waals surface area contributed by atoms with Crippen molar-refractivity contribution in [3.05, 3.63) is 103 Å². The monoisotopic (exact) mass is 409 g/mol. The maximum atomic E-state index is 13.8. The molecule has 0 saturated carbocycles. The molecule has 0 atom stereocenters. The molecule has 0 saturated heterocycles. The van der Waals surface area contributed by atoms with E-state index in [1.54, 1.807) is 42.5 Å². The zero-order valence-corrected chi connectivity index (χ0v) is 17.4. The van der Waals surface area contributed by atoms with Gasteiger partial charge >= 0.3 is 6.03 Å². The zero-order chi connectivity index (χ0) is 21.8. The average molecular weight is 409 g/mol. The Bertz CT molecular complexity index is 1220. The molecule has 0 heterocycles. The van der Waals surface area contributed by atoms with Gasteiger partial charge in [-0.3, -0.25) is 4.79 Å². The fourth-order valence-electron chi connectivity index (χ4n) is 3.60. The predicted molar refractivity (Wildman–Crippen MR) is 127 cm³/mol. The van der Waals surface area contributed by atoms with Crippen LogP contribution in [0.2, 0.25) is 0 Å². The number of amides is 3. The maximum absolute atomic E-state index is 13.8. The van der Waals surface area contributed by atoms with E-state index in [0.29, 0.717) is 16.9 Å². The van der Waals surface area contributed by atoms with Crippen LogP contribution in [0.4, 0.5) is 21.9 Å². The summed E-state index contributed by atoms with van der Waals surface area (Å²) < 4.78 is 0. The molecule has 4 aromatic carbocycles. The first-order valence-electron chi connectivity index (χ1n) is 10.0. The molecule has 0 fully saturated rings. The number of urea groups is 1. The Balaban J connectivity index is 1.83. The zero-order valence-electron chi connectivity index (χ0n) is 17.4. The van der Waals surface area contributed by atoms with Gasteiger partial charge in [-0.05, 0) is 41.8 Å². The first-order valence-corrected chi connectivity index (χ1v) is 10.0. The van der Waals surface area contributed by atoms with Crippen LogP contribution in [0.3, 0.4) is 0 Å². The molecule has 0 aliphatic heterocycles. The molecule has 4 rings (SSSR count). The second kappa shape index (κ2) is 8.71. The number of fused-ring (bicyclic) bond motifs is 1. The third-order valence-corrected chi connectivity index (χ3v) is 5.04.